The molecule has 1 aliphatic carbocycles. The average molecular weight is 522 g/mol. The predicted octanol–water partition coefficient (Wildman–Crippen LogP) is 2.75. The summed E-state index contributed by atoms with van der Waals surface area (Å²) in [6.07, 6.45) is 4.39. The molecule has 1 saturated carbocycles. The summed E-state index contributed by atoms with van der Waals surface area (Å²) in [5.41, 5.74) is 4.94. The third kappa shape index (κ3) is 7.14. The van der Waals surface area contributed by atoms with E-state index in [1.54, 1.807) is 30.3 Å². The van der Waals surface area contributed by atoms with E-state index in [9.17, 15) is 14.2 Å². The number of nitrogens with two attached hydrogens (primary N) is 1. The molecule has 3 N–H and O–H groups in total. The normalized spacial score (nSPS) is 23.0. The van der Waals surface area contributed by atoms with Crippen LogP contribution >= 0.6 is 7.75 Å². The molecule has 36 heavy (non-hydrogen) atoms. The fourth-order valence-electron chi connectivity index (χ4n) is 3.93. The molecular weight excluding hydrogens is 491 g/mol. The first-order valence-electron chi connectivity index (χ1n) is 11.9. The van der Waals surface area contributed by atoms with Gasteiger partial charge in [0.25, 0.3) is 0 Å². The van der Waals surface area contributed by atoms with Crippen LogP contribution in [0.15, 0.2) is 47.4 Å². The highest BCUT2D eigenvalue weighted by Crippen LogP contribution is 2.45. The molecule has 2 aliphatic rings. The summed E-state index contributed by atoms with van der Waals surface area (Å²) < 4.78 is 42.9. The van der Waals surface area contributed by atoms with Gasteiger partial charge in [-0.15, -0.1) is 0 Å². The van der Waals surface area contributed by atoms with E-state index in [1.807, 2.05) is 0 Å². The molecule has 4 rings (SSSR count). The smallest absolute Gasteiger partial charge is 0.459 e. The molecular formula is C23H31N4O8P. The largest absolute Gasteiger partial charge is 0.461 e. The number of para-hydroxylation sites is 1. The van der Waals surface area contributed by atoms with Crippen molar-refractivity contribution in [2.75, 3.05) is 18.9 Å². The van der Waals surface area contributed by atoms with Gasteiger partial charge >= 0.3 is 19.4 Å². The first-order valence-corrected chi connectivity index (χ1v) is 13.4. The summed E-state index contributed by atoms with van der Waals surface area (Å²) in [6, 6.07) is 8.95. The van der Waals surface area contributed by atoms with Crippen LogP contribution in [0.25, 0.3) is 0 Å². The van der Waals surface area contributed by atoms with Crippen LogP contribution in [0.1, 0.15) is 45.3 Å². The fraction of sp³-hybridized carbons (Fsp3) is 0.522. The van der Waals surface area contributed by atoms with Gasteiger partial charge in [0.05, 0.1) is 6.61 Å². The van der Waals surface area contributed by atoms with Crippen LogP contribution in [0.4, 0.5) is 5.82 Å². The molecule has 2 aromatic rings. The van der Waals surface area contributed by atoms with E-state index >= 15 is 0 Å². The van der Waals surface area contributed by atoms with E-state index in [2.05, 4.69) is 10.1 Å². The summed E-state index contributed by atoms with van der Waals surface area (Å²) in [4.78, 5) is 28.4. The Morgan fingerprint density at radius 1 is 1.25 bits per heavy atom. The third-order valence-electron chi connectivity index (χ3n) is 5.79. The minimum atomic E-state index is -4.07. The second kappa shape index (κ2) is 12.0. The van der Waals surface area contributed by atoms with Crippen LogP contribution in [0.5, 0.6) is 5.75 Å². The van der Waals surface area contributed by atoms with Crippen LogP contribution in [0.3, 0.4) is 0 Å². The van der Waals surface area contributed by atoms with Crippen molar-refractivity contribution in [2.24, 2.45) is 0 Å². The van der Waals surface area contributed by atoms with Crippen LogP contribution < -0.4 is 21.0 Å². The standard InChI is InChI=1S/C23H31N4O8P/c1-16(22(28)33-17-8-4-2-5-9-17)26-36(30,35-18-10-6-3-7-11-18)32-15-21-31-14-20(34-21)27-13-12-19(24)25-23(27)29/h3,6-7,10-13,16-17,20-21H,2,4-5,8-9,14-15H2,1H3,(H,26,30)(H2,24,25,29)/t16-,20-,21-,36?/m0/s1. The minimum absolute atomic E-state index is 0.0426. The quantitative estimate of drug-likeness (QED) is 0.350. The van der Waals surface area contributed by atoms with Crippen molar-refractivity contribution >= 4 is 19.5 Å². The molecule has 4 atom stereocenters. The molecule has 12 nitrogen and oxygen atoms in total. The maximum atomic E-state index is 13.6. The molecule has 13 heteroatoms. The van der Waals surface area contributed by atoms with Crippen molar-refractivity contribution in [3.8, 4) is 5.75 Å². The zero-order valence-electron chi connectivity index (χ0n) is 20.0. The van der Waals surface area contributed by atoms with E-state index in [4.69, 9.17) is 29.0 Å². The molecule has 1 saturated heterocycles. The van der Waals surface area contributed by atoms with Crippen molar-refractivity contribution < 1.29 is 32.6 Å². The Morgan fingerprint density at radius 3 is 2.72 bits per heavy atom. The van der Waals surface area contributed by atoms with Crippen molar-refractivity contribution in [2.45, 2.75) is 63.7 Å². The van der Waals surface area contributed by atoms with Gasteiger partial charge in [0.2, 0.25) is 0 Å². The first-order chi connectivity index (χ1) is 17.3. The molecule has 1 aliphatic heterocycles. The molecule has 2 fully saturated rings. The lowest BCUT2D eigenvalue weighted by atomic mass is 9.98. The number of carbonyl (C=O) groups is 1. The SMILES string of the molecule is C[C@H](NP(=O)(OC[C@H]1OC[C@@H](n2ccc(N)nc2=O)O1)Oc1ccccc1)C(=O)OC1CCCCC1. The molecule has 0 spiro atoms. The minimum Gasteiger partial charge on any atom is -0.461 e. The van der Waals surface area contributed by atoms with E-state index in [0.717, 1.165) is 32.1 Å². The van der Waals surface area contributed by atoms with Crippen molar-refractivity contribution in [1.29, 1.82) is 0 Å². The highest BCUT2D eigenvalue weighted by Gasteiger charge is 2.36. The van der Waals surface area contributed by atoms with Crippen molar-refractivity contribution in [3.63, 3.8) is 0 Å². The Labute approximate surface area is 208 Å². The summed E-state index contributed by atoms with van der Waals surface area (Å²) >= 11 is 0. The summed E-state index contributed by atoms with van der Waals surface area (Å²) in [5.74, 6) is -0.158. The van der Waals surface area contributed by atoms with Crippen LogP contribution in [-0.4, -0.2) is 47.2 Å². The monoisotopic (exact) mass is 522 g/mol. The van der Waals surface area contributed by atoms with Gasteiger partial charge in [0.15, 0.2) is 12.5 Å². The second-order valence-electron chi connectivity index (χ2n) is 8.64. The van der Waals surface area contributed by atoms with Crippen LogP contribution in [-0.2, 0) is 28.1 Å². The number of nitrogen functional groups attached to an aromatic ring is 1. The van der Waals surface area contributed by atoms with Crippen molar-refractivity contribution in [3.05, 3.63) is 53.1 Å². The summed E-state index contributed by atoms with van der Waals surface area (Å²) in [5, 5.41) is 2.66. The van der Waals surface area contributed by atoms with Gasteiger partial charge in [-0.1, -0.05) is 24.6 Å². The maximum absolute atomic E-state index is 13.6. The average Bonchev–Trinajstić information content (AvgIpc) is 3.33. The lowest BCUT2D eigenvalue weighted by Crippen LogP contribution is -2.38. The molecule has 0 bridgehead atoms. The molecule has 196 valence electrons. The number of rotatable bonds is 10. The number of ether oxygens (including phenoxy) is 3. The Hall–Kier alpha value is -2.76. The van der Waals surface area contributed by atoms with Crippen LogP contribution in [0, 0.1) is 0 Å². The lowest BCUT2D eigenvalue weighted by Gasteiger charge is -2.26. The Morgan fingerprint density at radius 2 is 2.00 bits per heavy atom. The van der Waals surface area contributed by atoms with Gasteiger partial charge < -0.3 is 24.5 Å². The van der Waals surface area contributed by atoms with E-state index in [0.29, 0.717) is 0 Å². The highest BCUT2D eigenvalue weighted by molar-refractivity contribution is 7.52. The summed E-state index contributed by atoms with van der Waals surface area (Å²) in [6.45, 7) is 1.28. The summed E-state index contributed by atoms with van der Waals surface area (Å²) in [7, 11) is -4.07. The molecule has 2 heterocycles. The van der Waals surface area contributed by atoms with Gasteiger partial charge in [-0.2, -0.15) is 10.1 Å². The number of nitrogens with zero attached hydrogens (tertiary/aromatic N) is 2. The number of esters is 1. The van der Waals surface area contributed by atoms with Gasteiger partial charge in [0, 0.05) is 6.20 Å². The molecule has 1 aromatic carbocycles. The maximum Gasteiger partial charge on any atom is 0.459 e. The molecule has 1 aromatic heterocycles. The number of nitrogens with one attached hydrogen (secondary N) is 1. The van der Waals surface area contributed by atoms with Gasteiger partial charge in [-0.05, 0) is 50.8 Å². The number of carbonyl (C=O) groups excluding carboxylic acids is 1. The van der Waals surface area contributed by atoms with E-state index in [1.165, 1.54) is 23.8 Å². The van der Waals surface area contributed by atoms with E-state index < -0.39 is 38.0 Å². The van der Waals surface area contributed by atoms with Gasteiger partial charge in [-0.3, -0.25) is 13.9 Å². The first kappa shape index (κ1) is 26.3. The Kier molecular flexibility index (Phi) is 8.76. The topological polar surface area (TPSA) is 153 Å². The third-order valence-corrected chi connectivity index (χ3v) is 7.43. The fourth-order valence-corrected chi connectivity index (χ4v) is 5.41. The number of hydrogen-bond acceptors (Lipinski definition) is 10. The zero-order valence-corrected chi connectivity index (χ0v) is 20.9. The Balaban J connectivity index is 1.38. The predicted molar refractivity (Wildman–Crippen MR) is 129 cm³/mol. The molecule has 0 radical (unpaired) electrons. The molecule has 1 unspecified atom stereocenters. The van der Waals surface area contributed by atoms with Gasteiger partial charge in [0.1, 0.15) is 30.3 Å². The van der Waals surface area contributed by atoms with Gasteiger partial charge in [-0.25, -0.2) is 9.36 Å². The van der Waals surface area contributed by atoms with E-state index in [-0.39, 0.29) is 30.9 Å². The zero-order chi connectivity index (χ0) is 25.5. The number of benzene rings is 1. The lowest BCUT2D eigenvalue weighted by molar-refractivity contribution is -0.152. The number of aromatic nitrogens is 2. The van der Waals surface area contributed by atoms with Crippen LogP contribution in [0.2, 0.25) is 0 Å². The van der Waals surface area contributed by atoms with Crippen molar-refractivity contribution in [1.82, 2.24) is 14.6 Å². The number of anilines is 1. The number of hydrogen-bond donors (Lipinski definition) is 2. The highest BCUT2D eigenvalue weighted by atomic mass is 31.2. The Bertz CT molecular complexity index is 1120. The second-order valence-corrected chi connectivity index (χ2v) is 10.3. The molecule has 0 amide bonds.